The van der Waals surface area contributed by atoms with Crippen LogP contribution in [-0.4, -0.2) is 28.2 Å². The molecule has 3 aromatic rings. The Kier molecular flexibility index (Phi) is 5.19. The largest absolute Gasteiger partial charge is 0.497 e. The van der Waals surface area contributed by atoms with Gasteiger partial charge in [0.05, 0.1) is 17.9 Å². The smallest absolute Gasteiger partial charge is 0.237 e. The monoisotopic (exact) mass is 353 g/mol. The molecule has 0 aliphatic carbocycles. The number of carbonyl (C=O) groups excluding carboxylic acids is 1. The molecule has 1 N–H and O–H groups in total. The maximum atomic E-state index is 12.5. The summed E-state index contributed by atoms with van der Waals surface area (Å²) in [5.41, 5.74) is 1.63. The van der Waals surface area contributed by atoms with E-state index in [0.29, 0.717) is 5.82 Å². The van der Waals surface area contributed by atoms with Gasteiger partial charge in [-0.3, -0.25) is 4.79 Å². The van der Waals surface area contributed by atoms with Gasteiger partial charge in [0.25, 0.3) is 0 Å². The van der Waals surface area contributed by atoms with Crippen molar-refractivity contribution in [2.45, 2.75) is 24.1 Å². The number of aromatic nitrogens is 2. The Hall–Kier alpha value is -2.60. The third kappa shape index (κ3) is 4.09. The van der Waals surface area contributed by atoms with Gasteiger partial charge in [0.15, 0.2) is 0 Å². The molecule has 1 amide bonds. The number of nitrogens with one attached hydrogen (secondary N) is 1. The fourth-order valence-corrected chi connectivity index (χ4v) is 3.37. The lowest BCUT2D eigenvalue weighted by Gasteiger charge is -2.13. The summed E-state index contributed by atoms with van der Waals surface area (Å²) in [6.45, 7) is 3.73. The Balaban J connectivity index is 1.75. The molecule has 0 aliphatic rings. The zero-order valence-corrected chi connectivity index (χ0v) is 15.1. The fourth-order valence-electron chi connectivity index (χ4n) is 2.39. The summed E-state index contributed by atoms with van der Waals surface area (Å²) in [5, 5.41) is 4.41. The molecular formula is C19H19N3O2S. The number of nitrogens with zero attached hydrogens (tertiary/aromatic N) is 2. The SMILES string of the molecule is COc1ccc(NC(=O)[C@H](C)Sc2nc(C)nc3ccccc23)cc1. The molecule has 5 nitrogen and oxygen atoms in total. The summed E-state index contributed by atoms with van der Waals surface area (Å²) in [5.74, 6) is 1.38. The van der Waals surface area contributed by atoms with Crippen LogP contribution in [0.4, 0.5) is 5.69 Å². The van der Waals surface area contributed by atoms with Crippen molar-refractivity contribution < 1.29 is 9.53 Å². The van der Waals surface area contributed by atoms with E-state index < -0.39 is 0 Å². The number of carbonyl (C=O) groups is 1. The van der Waals surface area contributed by atoms with E-state index in [4.69, 9.17) is 4.74 Å². The van der Waals surface area contributed by atoms with Gasteiger partial charge < -0.3 is 10.1 Å². The number of hydrogen-bond donors (Lipinski definition) is 1. The average Bonchev–Trinajstić information content (AvgIpc) is 2.62. The molecule has 0 saturated carbocycles. The number of rotatable bonds is 5. The number of amides is 1. The van der Waals surface area contributed by atoms with Crippen molar-refractivity contribution in [3.8, 4) is 5.75 Å². The lowest BCUT2D eigenvalue weighted by Crippen LogP contribution is -2.22. The summed E-state index contributed by atoms with van der Waals surface area (Å²) >= 11 is 1.43. The first-order valence-corrected chi connectivity index (χ1v) is 8.80. The second kappa shape index (κ2) is 7.53. The van der Waals surface area contributed by atoms with Crippen LogP contribution in [0.3, 0.4) is 0 Å². The van der Waals surface area contributed by atoms with Crippen molar-refractivity contribution in [1.82, 2.24) is 9.97 Å². The van der Waals surface area contributed by atoms with Crippen molar-refractivity contribution >= 4 is 34.3 Å². The summed E-state index contributed by atoms with van der Waals surface area (Å²) in [6, 6.07) is 15.1. The van der Waals surface area contributed by atoms with E-state index in [1.807, 2.05) is 62.4 Å². The molecule has 25 heavy (non-hydrogen) atoms. The van der Waals surface area contributed by atoms with Gasteiger partial charge >= 0.3 is 0 Å². The quantitative estimate of drug-likeness (QED) is 0.553. The minimum atomic E-state index is -0.292. The standard InChI is InChI=1S/C19H19N3O2S/c1-12(18(23)22-14-8-10-15(24-3)11-9-14)25-19-16-6-4-5-7-17(16)20-13(2)21-19/h4-12H,1-3H3,(H,22,23)/t12-/m0/s1. The molecule has 128 valence electrons. The number of benzene rings is 2. The van der Waals surface area contributed by atoms with Gasteiger partial charge in [0.2, 0.25) is 5.91 Å². The van der Waals surface area contributed by atoms with Crippen molar-refractivity contribution in [2.24, 2.45) is 0 Å². The van der Waals surface area contributed by atoms with Crippen LogP contribution in [0, 0.1) is 6.92 Å². The van der Waals surface area contributed by atoms with E-state index in [-0.39, 0.29) is 11.2 Å². The number of para-hydroxylation sites is 1. The summed E-state index contributed by atoms with van der Waals surface area (Å²) in [6.07, 6.45) is 0. The predicted octanol–water partition coefficient (Wildman–Crippen LogP) is 4.07. The fraction of sp³-hybridized carbons (Fsp3) is 0.211. The summed E-state index contributed by atoms with van der Waals surface area (Å²) < 4.78 is 5.12. The maximum Gasteiger partial charge on any atom is 0.237 e. The van der Waals surface area contributed by atoms with Gasteiger partial charge in [-0.05, 0) is 44.2 Å². The third-order valence-electron chi connectivity index (χ3n) is 3.70. The van der Waals surface area contributed by atoms with E-state index in [9.17, 15) is 4.79 Å². The molecular weight excluding hydrogens is 334 g/mol. The molecule has 0 spiro atoms. The molecule has 1 atom stereocenters. The van der Waals surface area contributed by atoms with Gasteiger partial charge in [-0.15, -0.1) is 0 Å². The molecule has 0 fully saturated rings. The number of anilines is 1. The normalized spacial score (nSPS) is 12.0. The molecule has 0 saturated heterocycles. The Morgan fingerprint density at radius 3 is 2.56 bits per heavy atom. The maximum absolute atomic E-state index is 12.5. The Labute approximate surface area is 150 Å². The first-order valence-electron chi connectivity index (χ1n) is 7.92. The van der Waals surface area contributed by atoms with Crippen molar-refractivity contribution in [3.63, 3.8) is 0 Å². The Morgan fingerprint density at radius 1 is 1.12 bits per heavy atom. The first-order chi connectivity index (χ1) is 12.1. The van der Waals surface area contributed by atoms with Crippen molar-refractivity contribution in [3.05, 3.63) is 54.4 Å². The Morgan fingerprint density at radius 2 is 1.84 bits per heavy atom. The van der Waals surface area contributed by atoms with E-state index in [2.05, 4.69) is 15.3 Å². The molecule has 0 aliphatic heterocycles. The molecule has 1 aromatic heterocycles. The van der Waals surface area contributed by atoms with Crippen LogP contribution in [0.15, 0.2) is 53.6 Å². The highest BCUT2D eigenvalue weighted by Crippen LogP contribution is 2.29. The van der Waals surface area contributed by atoms with Gasteiger partial charge in [-0.25, -0.2) is 9.97 Å². The van der Waals surface area contributed by atoms with Crippen molar-refractivity contribution in [2.75, 3.05) is 12.4 Å². The molecule has 6 heteroatoms. The average molecular weight is 353 g/mol. The van der Waals surface area contributed by atoms with Gasteiger partial charge in [0.1, 0.15) is 16.6 Å². The van der Waals surface area contributed by atoms with Crippen LogP contribution in [0.1, 0.15) is 12.7 Å². The zero-order valence-electron chi connectivity index (χ0n) is 14.3. The number of ether oxygens (including phenoxy) is 1. The molecule has 0 bridgehead atoms. The minimum absolute atomic E-state index is 0.0736. The lowest BCUT2D eigenvalue weighted by atomic mass is 10.2. The van der Waals surface area contributed by atoms with Crippen LogP contribution in [-0.2, 0) is 4.79 Å². The van der Waals surface area contributed by atoms with Crippen LogP contribution >= 0.6 is 11.8 Å². The topological polar surface area (TPSA) is 64.1 Å². The summed E-state index contributed by atoms with van der Waals surface area (Å²) in [7, 11) is 1.61. The number of thioether (sulfide) groups is 1. The van der Waals surface area contributed by atoms with E-state index in [1.165, 1.54) is 11.8 Å². The second-order valence-corrected chi connectivity index (χ2v) is 6.90. The highest BCUT2D eigenvalue weighted by molar-refractivity contribution is 8.00. The summed E-state index contributed by atoms with van der Waals surface area (Å²) in [4.78, 5) is 21.4. The first kappa shape index (κ1) is 17.2. The number of methoxy groups -OCH3 is 1. The van der Waals surface area contributed by atoms with Crippen LogP contribution < -0.4 is 10.1 Å². The molecule has 0 unspecified atom stereocenters. The molecule has 1 heterocycles. The zero-order chi connectivity index (χ0) is 17.8. The van der Waals surface area contributed by atoms with Gasteiger partial charge in [-0.2, -0.15) is 0 Å². The van der Waals surface area contributed by atoms with E-state index >= 15 is 0 Å². The predicted molar refractivity (Wildman–Crippen MR) is 101 cm³/mol. The van der Waals surface area contributed by atoms with Gasteiger partial charge in [0, 0.05) is 11.1 Å². The van der Waals surface area contributed by atoms with Crippen LogP contribution in [0.25, 0.3) is 10.9 Å². The van der Waals surface area contributed by atoms with Crippen LogP contribution in [0.5, 0.6) is 5.75 Å². The minimum Gasteiger partial charge on any atom is -0.497 e. The molecule has 0 radical (unpaired) electrons. The lowest BCUT2D eigenvalue weighted by molar-refractivity contribution is -0.115. The highest BCUT2D eigenvalue weighted by atomic mass is 32.2. The molecule has 3 rings (SSSR count). The van der Waals surface area contributed by atoms with E-state index in [0.717, 1.165) is 27.4 Å². The van der Waals surface area contributed by atoms with Crippen LogP contribution in [0.2, 0.25) is 0 Å². The number of fused-ring (bicyclic) bond motifs is 1. The number of hydrogen-bond acceptors (Lipinski definition) is 5. The Bertz CT molecular complexity index is 897. The van der Waals surface area contributed by atoms with Gasteiger partial charge in [-0.1, -0.05) is 30.0 Å². The molecule has 2 aromatic carbocycles. The number of aryl methyl sites for hydroxylation is 1. The van der Waals surface area contributed by atoms with Crippen molar-refractivity contribution in [1.29, 1.82) is 0 Å². The second-order valence-electron chi connectivity index (χ2n) is 5.57. The highest BCUT2D eigenvalue weighted by Gasteiger charge is 2.17. The third-order valence-corrected chi connectivity index (χ3v) is 4.80. The van der Waals surface area contributed by atoms with E-state index in [1.54, 1.807) is 7.11 Å².